The van der Waals surface area contributed by atoms with Gasteiger partial charge < -0.3 is 24.6 Å². The molecule has 7 heteroatoms. The van der Waals surface area contributed by atoms with Crippen LogP contribution in [0.5, 0.6) is 5.75 Å². The highest BCUT2D eigenvalue weighted by Crippen LogP contribution is 2.35. The second-order valence-electron chi connectivity index (χ2n) is 6.74. The number of hydrogen-bond donors (Lipinski definition) is 2. The molecule has 0 aliphatic heterocycles. The van der Waals surface area contributed by atoms with E-state index in [0.717, 1.165) is 16.8 Å². The number of aromatic hydroxyl groups is 1. The van der Waals surface area contributed by atoms with Crippen molar-refractivity contribution in [2.75, 3.05) is 12.3 Å². The van der Waals surface area contributed by atoms with Gasteiger partial charge in [-0.05, 0) is 31.5 Å². The van der Waals surface area contributed by atoms with Crippen LogP contribution in [0, 0.1) is 6.92 Å². The number of aromatic nitrogens is 1. The van der Waals surface area contributed by atoms with E-state index in [1.54, 1.807) is 19.1 Å². The number of esters is 1. The molecular formula is C22H20N2O5. The van der Waals surface area contributed by atoms with Crippen LogP contribution in [0.3, 0.4) is 0 Å². The minimum Gasteiger partial charge on any atom is -0.501 e. The SMILES string of the molecule is CCOC(=O)c1oc2c(ccc3c2c(N)c(C)n3Cc2ccccc2)c(=O)c1O. The van der Waals surface area contributed by atoms with E-state index in [0.29, 0.717) is 17.6 Å². The topological polar surface area (TPSA) is 108 Å². The van der Waals surface area contributed by atoms with E-state index in [9.17, 15) is 14.7 Å². The molecule has 0 bridgehead atoms. The van der Waals surface area contributed by atoms with Crippen LogP contribution in [0.4, 0.5) is 5.69 Å². The van der Waals surface area contributed by atoms with E-state index < -0.39 is 22.9 Å². The predicted octanol–water partition coefficient (Wildman–Crippen LogP) is 3.57. The predicted molar refractivity (Wildman–Crippen MR) is 110 cm³/mol. The quantitative estimate of drug-likeness (QED) is 0.514. The maximum atomic E-state index is 12.6. The Labute approximate surface area is 165 Å². The summed E-state index contributed by atoms with van der Waals surface area (Å²) in [4.78, 5) is 24.8. The van der Waals surface area contributed by atoms with Crippen LogP contribution in [0.15, 0.2) is 51.7 Å². The third kappa shape index (κ3) is 2.91. The molecule has 0 saturated heterocycles. The Balaban J connectivity index is 2.02. The summed E-state index contributed by atoms with van der Waals surface area (Å²) in [6.45, 7) is 4.17. The zero-order valence-electron chi connectivity index (χ0n) is 16.1. The second kappa shape index (κ2) is 7.01. The van der Waals surface area contributed by atoms with Gasteiger partial charge in [-0.3, -0.25) is 4.79 Å². The molecule has 7 nitrogen and oxygen atoms in total. The third-order valence-electron chi connectivity index (χ3n) is 5.01. The normalized spacial score (nSPS) is 11.2. The lowest BCUT2D eigenvalue weighted by Crippen LogP contribution is -2.11. The molecule has 29 heavy (non-hydrogen) atoms. The molecule has 3 N–H and O–H groups in total. The van der Waals surface area contributed by atoms with Crippen molar-refractivity contribution in [2.45, 2.75) is 20.4 Å². The molecule has 0 spiro atoms. The van der Waals surface area contributed by atoms with Crippen LogP contribution in [0.25, 0.3) is 21.9 Å². The molecule has 0 radical (unpaired) electrons. The van der Waals surface area contributed by atoms with Crippen molar-refractivity contribution >= 4 is 33.5 Å². The van der Waals surface area contributed by atoms with E-state index in [-0.39, 0.29) is 17.6 Å². The van der Waals surface area contributed by atoms with Gasteiger partial charge in [0.05, 0.1) is 28.6 Å². The second-order valence-corrected chi connectivity index (χ2v) is 6.74. The molecule has 4 aromatic rings. The monoisotopic (exact) mass is 392 g/mol. The van der Waals surface area contributed by atoms with E-state index in [2.05, 4.69) is 0 Å². The number of hydrogen-bond acceptors (Lipinski definition) is 6. The Kier molecular flexibility index (Phi) is 4.50. The summed E-state index contributed by atoms with van der Waals surface area (Å²) in [6, 6.07) is 13.2. The highest BCUT2D eigenvalue weighted by atomic mass is 16.5. The smallest absolute Gasteiger partial charge is 0.378 e. The average molecular weight is 392 g/mol. The maximum absolute atomic E-state index is 12.6. The molecule has 0 aliphatic carbocycles. The Morgan fingerprint density at radius 3 is 2.62 bits per heavy atom. The van der Waals surface area contributed by atoms with Gasteiger partial charge in [-0.25, -0.2) is 4.79 Å². The highest BCUT2D eigenvalue weighted by Gasteiger charge is 2.24. The van der Waals surface area contributed by atoms with Gasteiger partial charge >= 0.3 is 5.97 Å². The van der Waals surface area contributed by atoms with Gasteiger partial charge in [0.2, 0.25) is 11.2 Å². The van der Waals surface area contributed by atoms with Crippen molar-refractivity contribution in [3.63, 3.8) is 0 Å². The van der Waals surface area contributed by atoms with Gasteiger partial charge in [-0.1, -0.05) is 30.3 Å². The minimum atomic E-state index is -0.903. The molecule has 0 aliphatic rings. The number of nitrogens with two attached hydrogens (primary N) is 1. The first-order chi connectivity index (χ1) is 13.9. The first kappa shape index (κ1) is 18.6. The highest BCUT2D eigenvalue weighted by molar-refractivity contribution is 6.11. The zero-order chi connectivity index (χ0) is 20.7. The molecule has 148 valence electrons. The van der Waals surface area contributed by atoms with Crippen LogP contribution < -0.4 is 11.2 Å². The van der Waals surface area contributed by atoms with Crippen molar-refractivity contribution in [1.82, 2.24) is 4.57 Å². The summed E-state index contributed by atoms with van der Waals surface area (Å²) in [5.74, 6) is -2.20. The van der Waals surface area contributed by atoms with Crippen molar-refractivity contribution in [3.8, 4) is 5.75 Å². The van der Waals surface area contributed by atoms with Crippen LogP contribution in [0.1, 0.15) is 28.7 Å². The number of benzene rings is 2. The lowest BCUT2D eigenvalue weighted by Gasteiger charge is -2.09. The van der Waals surface area contributed by atoms with Gasteiger partial charge in [0.1, 0.15) is 0 Å². The molecular weight excluding hydrogens is 372 g/mol. The summed E-state index contributed by atoms with van der Waals surface area (Å²) < 4.78 is 12.6. The fraction of sp³-hybridized carbons (Fsp3) is 0.182. The Morgan fingerprint density at radius 2 is 1.93 bits per heavy atom. The average Bonchev–Trinajstić information content (AvgIpc) is 2.96. The Bertz CT molecular complexity index is 1300. The number of carbonyl (C=O) groups excluding carboxylic acids is 1. The summed E-state index contributed by atoms with van der Waals surface area (Å²) in [5.41, 5.74) is 8.93. The number of carbonyl (C=O) groups is 1. The van der Waals surface area contributed by atoms with Gasteiger partial charge in [-0.15, -0.1) is 0 Å². The van der Waals surface area contributed by atoms with Crippen LogP contribution in [0.2, 0.25) is 0 Å². The number of anilines is 1. The molecule has 2 aromatic heterocycles. The first-order valence-electron chi connectivity index (χ1n) is 9.22. The molecule has 0 atom stereocenters. The number of nitrogen functional groups attached to an aromatic ring is 1. The molecule has 2 heterocycles. The molecule has 0 amide bonds. The van der Waals surface area contributed by atoms with Gasteiger partial charge in [0, 0.05) is 12.2 Å². The number of rotatable bonds is 4. The summed E-state index contributed by atoms with van der Waals surface area (Å²) in [5, 5.41) is 10.8. The van der Waals surface area contributed by atoms with Crippen LogP contribution in [-0.4, -0.2) is 22.2 Å². The molecule has 2 aromatic carbocycles. The van der Waals surface area contributed by atoms with Crippen molar-refractivity contribution in [1.29, 1.82) is 0 Å². The number of fused-ring (bicyclic) bond motifs is 3. The lowest BCUT2D eigenvalue weighted by molar-refractivity contribution is 0.0485. The van der Waals surface area contributed by atoms with E-state index in [4.69, 9.17) is 14.9 Å². The third-order valence-corrected chi connectivity index (χ3v) is 5.01. The summed E-state index contributed by atoms with van der Waals surface area (Å²) in [7, 11) is 0. The van der Waals surface area contributed by atoms with Crippen LogP contribution in [-0.2, 0) is 11.3 Å². The maximum Gasteiger partial charge on any atom is 0.378 e. The lowest BCUT2D eigenvalue weighted by atomic mass is 10.1. The Hall–Kier alpha value is -3.74. The molecule has 0 unspecified atom stereocenters. The minimum absolute atomic E-state index is 0.0823. The van der Waals surface area contributed by atoms with E-state index in [1.807, 2.05) is 41.8 Å². The van der Waals surface area contributed by atoms with Crippen molar-refractivity contribution in [2.24, 2.45) is 0 Å². The summed E-state index contributed by atoms with van der Waals surface area (Å²) >= 11 is 0. The molecule has 0 saturated carbocycles. The van der Waals surface area contributed by atoms with E-state index >= 15 is 0 Å². The summed E-state index contributed by atoms with van der Waals surface area (Å²) in [6.07, 6.45) is 0. The fourth-order valence-electron chi connectivity index (χ4n) is 3.54. The number of ether oxygens (including phenoxy) is 1. The van der Waals surface area contributed by atoms with Crippen LogP contribution >= 0.6 is 0 Å². The van der Waals surface area contributed by atoms with Gasteiger partial charge in [-0.2, -0.15) is 0 Å². The largest absolute Gasteiger partial charge is 0.501 e. The standard InChI is InChI=1S/C22H20N2O5/c1-3-28-22(27)21-19(26)18(25)14-9-10-15-16(20(14)29-21)17(23)12(2)24(15)11-13-7-5-4-6-8-13/h4-10,26H,3,11,23H2,1-2H3. The molecule has 0 fully saturated rings. The van der Waals surface area contributed by atoms with Gasteiger partial charge in [0.25, 0.3) is 5.76 Å². The molecule has 4 rings (SSSR count). The van der Waals surface area contributed by atoms with Crippen molar-refractivity contribution in [3.05, 3.63) is 69.7 Å². The first-order valence-corrected chi connectivity index (χ1v) is 9.22. The van der Waals surface area contributed by atoms with Crippen molar-refractivity contribution < 1.29 is 19.1 Å². The fourth-order valence-corrected chi connectivity index (χ4v) is 3.54. The van der Waals surface area contributed by atoms with Gasteiger partial charge in [0.15, 0.2) is 5.58 Å². The van der Waals surface area contributed by atoms with E-state index in [1.165, 1.54) is 0 Å². The Morgan fingerprint density at radius 1 is 1.21 bits per heavy atom. The zero-order valence-corrected chi connectivity index (χ0v) is 16.1. The number of nitrogens with zero attached hydrogens (tertiary/aromatic N) is 1.